The van der Waals surface area contributed by atoms with Crippen molar-refractivity contribution in [2.24, 2.45) is 4.99 Å². The minimum Gasteiger partial charge on any atom is -0.311 e. The second-order valence-electron chi connectivity index (χ2n) is 2.08. The molecule has 0 aromatic rings. The quantitative estimate of drug-likeness (QED) is 0.676. The third-order valence-electron chi connectivity index (χ3n) is 0.990. The maximum absolute atomic E-state index is 10.6. The van der Waals surface area contributed by atoms with Crippen LogP contribution in [0.3, 0.4) is 0 Å². The van der Waals surface area contributed by atoms with Crippen molar-refractivity contribution in [3.8, 4) is 0 Å². The first kappa shape index (κ1) is 14.4. The minimum absolute atomic E-state index is 0. The Balaban J connectivity index is -0.000000376. The maximum Gasteiger partial charge on any atom is 0.222 e. The number of nitrogens with zero attached hydrogens (tertiary/aromatic N) is 1. The van der Waals surface area contributed by atoms with Gasteiger partial charge in [-0.2, -0.15) is 0 Å². The predicted molar refractivity (Wildman–Crippen MR) is 59.8 cm³/mol. The SMILES string of the molecule is C/C=C(\N=C/CC)NC(C)=O.CC.[HH]. The van der Waals surface area contributed by atoms with Gasteiger partial charge in [-0.25, -0.2) is 4.99 Å². The third-order valence-corrected chi connectivity index (χ3v) is 0.990. The normalized spacial score (nSPS) is 10.7. The lowest BCUT2D eigenvalue weighted by Gasteiger charge is -1.99. The van der Waals surface area contributed by atoms with Crippen LogP contribution in [0.2, 0.25) is 0 Å². The highest BCUT2D eigenvalue weighted by atomic mass is 16.1. The van der Waals surface area contributed by atoms with E-state index in [1.807, 2.05) is 27.7 Å². The van der Waals surface area contributed by atoms with Gasteiger partial charge in [0.2, 0.25) is 5.91 Å². The first-order chi connectivity index (χ1) is 6.20. The van der Waals surface area contributed by atoms with Gasteiger partial charge < -0.3 is 5.32 Å². The van der Waals surface area contributed by atoms with E-state index in [0.717, 1.165) is 6.42 Å². The number of hydrogen-bond acceptors (Lipinski definition) is 2. The van der Waals surface area contributed by atoms with Crippen LogP contribution in [0.4, 0.5) is 0 Å². The summed E-state index contributed by atoms with van der Waals surface area (Å²) in [5, 5.41) is 2.59. The van der Waals surface area contributed by atoms with Crippen molar-refractivity contribution in [2.75, 3.05) is 0 Å². The monoisotopic (exact) mass is 186 g/mol. The first-order valence-corrected chi connectivity index (χ1v) is 4.67. The highest BCUT2D eigenvalue weighted by Gasteiger charge is 1.92. The number of nitrogens with one attached hydrogen (secondary N) is 1. The third kappa shape index (κ3) is 10.9. The Morgan fingerprint density at radius 1 is 1.54 bits per heavy atom. The van der Waals surface area contributed by atoms with Crippen molar-refractivity contribution < 1.29 is 6.22 Å². The molecule has 0 aliphatic rings. The van der Waals surface area contributed by atoms with Crippen LogP contribution in [-0.2, 0) is 4.79 Å². The Labute approximate surface area is 82.4 Å². The lowest BCUT2D eigenvalue weighted by Crippen LogP contribution is -2.17. The molecule has 0 aromatic carbocycles. The number of carbonyl (C=O) groups excluding carboxylic acids is 1. The van der Waals surface area contributed by atoms with Crippen molar-refractivity contribution in [1.29, 1.82) is 0 Å². The zero-order valence-electron chi connectivity index (χ0n) is 9.22. The van der Waals surface area contributed by atoms with Gasteiger partial charge in [-0.05, 0) is 19.4 Å². The van der Waals surface area contributed by atoms with Crippen LogP contribution in [0, 0.1) is 0 Å². The minimum atomic E-state index is -0.0913. The van der Waals surface area contributed by atoms with E-state index in [-0.39, 0.29) is 7.33 Å². The van der Waals surface area contributed by atoms with E-state index in [4.69, 9.17) is 0 Å². The van der Waals surface area contributed by atoms with Crippen LogP contribution in [-0.4, -0.2) is 12.1 Å². The molecule has 0 fully saturated rings. The number of aliphatic imine (C=N–C) groups is 1. The number of amides is 1. The summed E-state index contributed by atoms with van der Waals surface area (Å²) in [7, 11) is 0. The van der Waals surface area contributed by atoms with E-state index >= 15 is 0 Å². The molecular weight excluding hydrogens is 164 g/mol. The molecule has 0 atom stereocenters. The van der Waals surface area contributed by atoms with E-state index in [2.05, 4.69) is 10.3 Å². The summed E-state index contributed by atoms with van der Waals surface area (Å²) in [6.07, 6.45) is 4.38. The Bertz CT molecular complexity index is 189. The Morgan fingerprint density at radius 2 is 2.08 bits per heavy atom. The Morgan fingerprint density at radius 3 is 2.38 bits per heavy atom. The second kappa shape index (κ2) is 10.9. The topological polar surface area (TPSA) is 41.5 Å². The van der Waals surface area contributed by atoms with Crippen LogP contribution >= 0.6 is 0 Å². The molecule has 0 unspecified atom stereocenters. The van der Waals surface area contributed by atoms with Gasteiger partial charge in [-0.1, -0.05) is 20.8 Å². The highest BCUT2D eigenvalue weighted by Crippen LogP contribution is 1.89. The summed E-state index contributed by atoms with van der Waals surface area (Å²) in [5.41, 5.74) is 0. The maximum atomic E-state index is 10.6. The van der Waals surface area contributed by atoms with Crippen molar-refractivity contribution in [3.05, 3.63) is 11.9 Å². The summed E-state index contributed by atoms with van der Waals surface area (Å²) in [6, 6.07) is 0. The molecule has 3 nitrogen and oxygen atoms in total. The standard InChI is InChI=1S/C8H14N2O.C2H6.H2/c1-4-6-9-8(5-2)10-7(3)11;1-2;/h5-6H,4H2,1-3H3,(H,10,11);1-2H3;1H/b8-5+,9-6-;;. The first-order valence-electron chi connectivity index (χ1n) is 4.67. The molecule has 0 heterocycles. The van der Waals surface area contributed by atoms with Crippen molar-refractivity contribution >= 4 is 12.1 Å². The zero-order valence-corrected chi connectivity index (χ0v) is 9.22. The van der Waals surface area contributed by atoms with Crippen molar-refractivity contribution in [2.45, 2.75) is 41.0 Å². The van der Waals surface area contributed by atoms with Gasteiger partial charge in [0.05, 0.1) is 0 Å². The van der Waals surface area contributed by atoms with E-state index in [9.17, 15) is 4.79 Å². The molecular formula is C10H22N2O. The second-order valence-corrected chi connectivity index (χ2v) is 2.08. The van der Waals surface area contributed by atoms with Gasteiger partial charge in [-0.15, -0.1) is 0 Å². The molecule has 3 heteroatoms. The van der Waals surface area contributed by atoms with Crippen LogP contribution < -0.4 is 5.32 Å². The molecule has 1 amide bonds. The molecule has 0 aromatic heterocycles. The fraction of sp³-hybridized carbons (Fsp3) is 0.600. The molecule has 78 valence electrons. The summed E-state index contributed by atoms with van der Waals surface area (Å²) >= 11 is 0. The number of carbonyl (C=O) groups is 1. The fourth-order valence-electron chi connectivity index (χ4n) is 0.549. The molecule has 0 aliphatic carbocycles. The summed E-state index contributed by atoms with van der Waals surface area (Å²) in [5.74, 6) is 0.519. The summed E-state index contributed by atoms with van der Waals surface area (Å²) in [4.78, 5) is 14.6. The molecule has 0 rings (SSSR count). The van der Waals surface area contributed by atoms with Crippen LogP contribution in [0.5, 0.6) is 0 Å². The van der Waals surface area contributed by atoms with Crippen LogP contribution in [0.15, 0.2) is 16.9 Å². The van der Waals surface area contributed by atoms with Crippen molar-refractivity contribution in [1.82, 2.24) is 5.32 Å². The molecule has 1 N–H and O–H groups in total. The van der Waals surface area contributed by atoms with Gasteiger partial charge in [0, 0.05) is 14.6 Å². The summed E-state index contributed by atoms with van der Waals surface area (Å²) in [6.45, 7) is 9.29. The lowest BCUT2D eigenvalue weighted by molar-refractivity contribution is -0.118. The average molecular weight is 186 g/mol. The largest absolute Gasteiger partial charge is 0.311 e. The van der Waals surface area contributed by atoms with E-state index < -0.39 is 0 Å². The van der Waals surface area contributed by atoms with Gasteiger partial charge in [0.25, 0.3) is 0 Å². The number of hydrogen-bond donors (Lipinski definition) is 1. The molecule has 0 aliphatic heterocycles. The molecule has 13 heavy (non-hydrogen) atoms. The lowest BCUT2D eigenvalue weighted by atomic mass is 10.5. The zero-order chi connectivity index (χ0) is 10.7. The predicted octanol–water partition coefficient (Wildman–Crippen LogP) is 2.74. The van der Waals surface area contributed by atoms with Crippen LogP contribution in [0.1, 0.15) is 42.5 Å². The molecule has 0 spiro atoms. The van der Waals surface area contributed by atoms with E-state index in [1.54, 1.807) is 12.3 Å². The number of rotatable bonds is 3. The Hall–Kier alpha value is -1.12. The molecule has 0 saturated carbocycles. The van der Waals surface area contributed by atoms with Crippen molar-refractivity contribution in [3.63, 3.8) is 0 Å². The van der Waals surface area contributed by atoms with E-state index in [1.165, 1.54) is 6.92 Å². The van der Waals surface area contributed by atoms with E-state index in [0.29, 0.717) is 5.82 Å². The van der Waals surface area contributed by atoms with Gasteiger partial charge >= 0.3 is 0 Å². The summed E-state index contributed by atoms with van der Waals surface area (Å²) < 4.78 is 0. The molecule has 0 radical (unpaired) electrons. The van der Waals surface area contributed by atoms with Gasteiger partial charge in [-0.3, -0.25) is 4.79 Å². The fourth-order valence-corrected chi connectivity index (χ4v) is 0.549. The highest BCUT2D eigenvalue weighted by molar-refractivity contribution is 5.75. The Kier molecular flexibility index (Phi) is 12.1. The van der Waals surface area contributed by atoms with Crippen LogP contribution in [0.25, 0.3) is 0 Å². The molecule has 0 saturated heterocycles. The molecule has 0 bridgehead atoms. The number of allylic oxidation sites excluding steroid dienone is 1. The smallest absolute Gasteiger partial charge is 0.222 e. The average Bonchev–Trinajstić information content (AvgIpc) is 2.15. The van der Waals surface area contributed by atoms with Gasteiger partial charge in [0.1, 0.15) is 5.82 Å². The van der Waals surface area contributed by atoms with Gasteiger partial charge in [0.15, 0.2) is 0 Å².